The fourth-order valence-corrected chi connectivity index (χ4v) is 1.40. The summed E-state index contributed by atoms with van der Waals surface area (Å²) in [6.07, 6.45) is -0.902. The molecule has 0 saturated carbocycles. The molecule has 3 N–H and O–H groups in total. The quantitative estimate of drug-likeness (QED) is 0.668. The highest BCUT2D eigenvalue weighted by Crippen LogP contribution is 2.07. The molecule has 0 aliphatic carbocycles. The first kappa shape index (κ1) is 14.7. The van der Waals surface area contributed by atoms with Crippen LogP contribution in [0.4, 0.5) is 4.79 Å². The van der Waals surface area contributed by atoms with Crippen molar-refractivity contribution in [2.24, 2.45) is 5.92 Å². The summed E-state index contributed by atoms with van der Waals surface area (Å²) in [6.45, 7) is 6.04. The number of carboxylic acid groups (broad SMARTS) is 1. The Kier molecular flexibility index (Phi) is 4.92. The zero-order valence-corrected chi connectivity index (χ0v) is 10.9. The molecule has 0 radical (unpaired) electrons. The number of alkyl carbamates (subject to hydrolysis) is 1. The van der Waals surface area contributed by atoms with Gasteiger partial charge in [0.2, 0.25) is 0 Å². The summed E-state index contributed by atoms with van der Waals surface area (Å²) in [7, 11) is 0. The number of ether oxygens (including phenoxy) is 2. The first-order chi connectivity index (χ1) is 8.28. The molecule has 1 aliphatic rings. The van der Waals surface area contributed by atoms with Crippen LogP contribution in [-0.4, -0.2) is 48.7 Å². The highest BCUT2D eigenvalue weighted by atomic mass is 16.6. The van der Waals surface area contributed by atoms with Crippen LogP contribution in [0.1, 0.15) is 20.8 Å². The fraction of sp³-hybridized carbons (Fsp3) is 0.818. The number of hydrogen-bond acceptors (Lipinski definition) is 5. The third-order valence-electron chi connectivity index (χ3n) is 2.27. The predicted molar refractivity (Wildman–Crippen MR) is 63.1 cm³/mol. The van der Waals surface area contributed by atoms with Gasteiger partial charge >= 0.3 is 12.1 Å². The van der Waals surface area contributed by atoms with Crippen molar-refractivity contribution in [3.8, 4) is 0 Å². The summed E-state index contributed by atoms with van der Waals surface area (Å²) in [6, 6.07) is 0. The van der Waals surface area contributed by atoms with Gasteiger partial charge in [-0.2, -0.15) is 0 Å². The van der Waals surface area contributed by atoms with Crippen LogP contribution in [0.15, 0.2) is 0 Å². The number of carboxylic acids is 1. The van der Waals surface area contributed by atoms with E-state index in [1.807, 2.05) is 0 Å². The van der Waals surface area contributed by atoms with Crippen molar-refractivity contribution in [3.63, 3.8) is 0 Å². The lowest BCUT2D eigenvalue weighted by Crippen LogP contribution is -2.51. The molecule has 1 rings (SSSR count). The highest BCUT2D eigenvalue weighted by molar-refractivity contribution is 5.70. The Morgan fingerprint density at radius 3 is 2.61 bits per heavy atom. The smallest absolute Gasteiger partial charge is 0.407 e. The van der Waals surface area contributed by atoms with Crippen molar-refractivity contribution in [1.82, 2.24) is 10.6 Å². The summed E-state index contributed by atoms with van der Waals surface area (Å²) < 4.78 is 10.3. The molecule has 0 aromatic heterocycles. The SMILES string of the molecule is CC(C)(C)OC(=O)NCC1NCC(C(=O)O)CO1. The van der Waals surface area contributed by atoms with Gasteiger partial charge in [0.1, 0.15) is 11.8 Å². The van der Waals surface area contributed by atoms with E-state index in [4.69, 9.17) is 14.6 Å². The highest BCUT2D eigenvalue weighted by Gasteiger charge is 2.26. The first-order valence-electron chi connectivity index (χ1n) is 5.82. The molecule has 2 unspecified atom stereocenters. The zero-order valence-electron chi connectivity index (χ0n) is 10.9. The van der Waals surface area contributed by atoms with Gasteiger partial charge in [-0.1, -0.05) is 0 Å². The monoisotopic (exact) mass is 260 g/mol. The van der Waals surface area contributed by atoms with E-state index in [0.29, 0.717) is 6.54 Å². The molecule has 1 heterocycles. The maximum absolute atomic E-state index is 11.4. The second-order valence-corrected chi connectivity index (χ2v) is 5.15. The Hall–Kier alpha value is -1.34. The number of carbonyl (C=O) groups excluding carboxylic acids is 1. The van der Waals surface area contributed by atoms with Gasteiger partial charge < -0.3 is 19.9 Å². The van der Waals surface area contributed by atoms with Crippen LogP contribution >= 0.6 is 0 Å². The van der Waals surface area contributed by atoms with Crippen molar-refractivity contribution >= 4 is 12.1 Å². The molecule has 18 heavy (non-hydrogen) atoms. The number of rotatable bonds is 3. The Bertz CT molecular complexity index is 305. The standard InChI is InChI=1S/C11H20N2O5/c1-11(2,3)18-10(16)13-5-8-12-4-7(6-17-8)9(14)15/h7-8,12H,4-6H2,1-3H3,(H,13,16)(H,14,15). The van der Waals surface area contributed by atoms with E-state index in [0.717, 1.165) is 0 Å². The van der Waals surface area contributed by atoms with Gasteiger partial charge in [-0.3, -0.25) is 10.1 Å². The lowest BCUT2D eigenvalue weighted by Gasteiger charge is -2.28. The molecule has 0 bridgehead atoms. The van der Waals surface area contributed by atoms with Crippen molar-refractivity contribution in [2.75, 3.05) is 19.7 Å². The fourth-order valence-electron chi connectivity index (χ4n) is 1.40. The average molecular weight is 260 g/mol. The summed E-state index contributed by atoms with van der Waals surface area (Å²) in [5.41, 5.74) is -0.542. The molecular weight excluding hydrogens is 240 g/mol. The molecule has 0 aromatic carbocycles. The van der Waals surface area contributed by atoms with Crippen LogP contribution < -0.4 is 10.6 Å². The molecule has 1 amide bonds. The molecule has 104 valence electrons. The predicted octanol–water partition coefficient (Wildman–Crippen LogP) is 0.158. The Labute approximate surface area is 106 Å². The normalized spacial score (nSPS) is 24.4. The minimum Gasteiger partial charge on any atom is -0.481 e. The summed E-state index contributed by atoms with van der Waals surface area (Å²) in [5, 5.41) is 14.2. The van der Waals surface area contributed by atoms with Crippen LogP contribution in [0, 0.1) is 5.92 Å². The minimum atomic E-state index is -0.888. The van der Waals surface area contributed by atoms with E-state index >= 15 is 0 Å². The minimum absolute atomic E-state index is 0.142. The van der Waals surface area contributed by atoms with Crippen LogP contribution in [0.3, 0.4) is 0 Å². The largest absolute Gasteiger partial charge is 0.481 e. The van der Waals surface area contributed by atoms with Crippen molar-refractivity contribution in [2.45, 2.75) is 32.6 Å². The van der Waals surface area contributed by atoms with E-state index in [1.54, 1.807) is 20.8 Å². The van der Waals surface area contributed by atoms with Gasteiger partial charge in [-0.25, -0.2) is 4.79 Å². The second-order valence-electron chi connectivity index (χ2n) is 5.15. The van der Waals surface area contributed by atoms with E-state index < -0.39 is 23.6 Å². The summed E-state index contributed by atoms with van der Waals surface area (Å²) >= 11 is 0. The molecule has 1 aliphatic heterocycles. The molecule has 1 saturated heterocycles. The maximum atomic E-state index is 11.4. The third-order valence-corrected chi connectivity index (χ3v) is 2.27. The first-order valence-corrected chi connectivity index (χ1v) is 5.82. The molecule has 7 heteroatoms. The lowest BCUT2D eigenvalue weighted by molar-refractivity contribution is -0.148. The Morgan fingerprint density at radius 2 is 2.17 bits per heavy atom. The van der Waals surface area contributed by atoms with Gasteiger partial charge in [0.05, 0.1) is 19.1 Å². The Balaban J connectivity index is 2.22. The lowest BCUT2D eigenvalue weighted by atomic mass is 10.1. The van der Waals surface area contributed by atoms with Gasteiger partial charge in [-0.05, 0) is 20.8 Å². The third kappa shape index (κ3) is 5.33. The van der Waals surface area contributed by atoms with Crippen LogP contribution in [0.25, 0.3) is 0 Å². The maximum Gasteiger partial charge on any atom is 0.407 e. The van der Waals surface area contributed by atoms with Crippen LogP contribution in [0.2, 0.25) is 0 Å². The van der Waals surface area contributed by atoms with Gasteiger partial charge in [0.25, 0.3) is 0 Å². The molecule has 0 spiro atoms. The van der Waals surface area contributed by atoms with Crippen molar-refractivity contribution < 1.29 is 24.2 Å². The number of nitrogens with one attached hydrogen (secondary N) is 2. The van der Waals surface area contributed by atoms with Gasteiger partial charge in [0.15, 0.2) is 0 Å². The molecular formula is C11H20N2O5. The molecule has 7 nitrogen and oxygen atoms in total. The number of amides is 1. The van der Waals surface area contributed by atoms with Gasteiger partial charge in [-0.15, -0.1) is 0 Å². The summed E-state index contributed by atoms with van der Waals surface area (Å²) in [5.74, 6) is -1.43. The van der Waals surface area contributed by atoms with Crippen LogP contribution in [-0.2, 0) is 14.3 Å². The van der Waals surface area contributed by atoms with E-state index in [9.17, 15) is 9.59 Å². The van der Waals surface area contributed by atoms with Crippen LogP contribution in [0.5, 0.6) is 0 Å². The topological polar surface area (TPSA) is 96.9 Å². The number of aliphatic carboxylic acids is 1. The van der Waals surface area contributed by atoms with Crippen molar-refractivity contribution in [3.05, 3.63) is 0 Å². The van der Waals surface area contributed by atoms with E-state index in [-0.39, 0.29) is 19.4 Å². The van der Waals surface area contributed by atoms with E-state index in [1.165, 1.54) is 0 Å². The number of carbonyl (C=O) groups is 2. The van der Waals surface area contributed by atoms with E-state index in [2.05, 4.69) is 10.6 Å². The Morgan fingerprint density at radius 1 is 1.50 bits per heavy atom. The molecule has 1 fully saturated rings. The number of hydrogen-bond donors (Lipinski definition) is 3. The molecule has 0 aromatic rings. The van der Waals surface area contributed by atoms with Gasteiger partial charge in [0, 0.05) is 6.54 Å². The zero-order chi connectivity index (χ0) is 13.8. The average Bonchev–Trinajstić information content (AvgIpc) is 2.24. The molecule has 2 atom stereocenters. The second kappa shape index (κ2) is 6.01. The summed E-state index contributed by atoms with van der Waals surface area (Å²) in [4.78, 5) is 22.0. The van der Waals surface area contributed by atoms with Crippen molar-refractivity contribution in [1.29, 1.82) is 0 Å².